The highest BCUT2D eigenvalue weighted by atomic mass is 16.2. The van der Waals surface area contributed by atoms with Crippen molar-refractivity contribution >= 4 is 11.6 Å². The second-order valence-corrected chi connectivity index (χ2v) is 4.20. The first-order valence-electron chi connectivity index (χ1n) is 5.48. The van der Waals surface area contributed by atoms with Gasteiger partial charge in [-0.1, -0.05) is 6.92 Å². The van der Waals surface area contributed by atoms with E-state index in [4.69, 9.17) is 5.73 Å². The van der Waals surface area contributed by atoms with Crippen LogP contribution >= 0.6 is 0 Å². The van der Waals surface area contributed by atoms with Crippen molar-refractivity contribution in [3.05, 3.63) is 11.4 Å². The van der Waals surface area contributed by atoms with Crippen molar-refractivity contribution in [1.29, 1.82) is 0 Å². The average Bonchev–Trinajstić information content (AvgIpc) is 2.51. The molecule has 16 heavy (non-hydrogen) atoms. The zero-order chi connectivity index (χ0) is 12.5. The van der Waals surface area contributed by atoms with Crippen LogP contribution in [0.4, 0.5) is 5.69 Å². The summed E-state index contributed by atoms with van der Waals surface area (Å²) < 4.78 is 1.56. The summed E-state index contributed by atoms with van der Waals surface area (Å²) in [6.07, 6.45) is 0.734. The Labute approximate surface area is 96.2 Å². The fourth-order valence-electron chi connectivity index (χ4n) is 1.51. The van der Waals surface area contributed by atoms with Crippen LogP contribution in [0.2, 0.25) is 0 Å². The van der Waals surface area contributed by atoms with Crippen molar-refractivity contribution in [1.82, 2.24) is 14.7 Å². The fourth-order valence-corrected chi connectivity index (χ4v) is 1.51. The third-order valence-corrected chi connectivity index (χ3v) is 2.79. The Hall–Kier alpha value is -1.52. The number of nitrogens with zero attached hydrogens (tertiary/aromatic N) is 3. The fraction of sp³-hybridized carbons (Fsp3) is 0.636. The third-order valence-electron chi connectivity index (χ3n) is 2.79. The largest absolute Gasteiger partial charge is 0.395 e. The number of aromatic nitrogens is 2. The van der Waals surface area contributed by atoms with Crippen LogP contribution in [0.15, 0.2) is 0 Å². The molecule has 1 aromatic heterocycles. The molecule has 5 nitrogen and oxygen atoms in total. The lowest BCUT2D eigenvalue weighted by molar-refractivity contribution is 0.0745. The van der Waals surface area contributed by atoms with Gasteiger partial charge < -0.3 is 10.6 Å². The summed E-state index contributed by atoms with van der Waals surface area (Å²) in [6.45, 7) is 5.90. The van der Waals surface area contributed by atoms with Crippen LogP contribution in [-0.2, 0) is 13.5 Å². The van der Waals surface area contributed by atoms with Crippen molar-refractivity contribution in [2.45, 2.75) is 33.2 Å². The number of nitrogens with two attached hydrogens (primary N) is 1. The smallest absolute Gasteiger partial charge is 0.274 e. The summed E-state index contributed by atoms with van der Waals surface area (Å²) in [6, 6.07) is 0.145. The van der Waals surface area contributed by atoms with Crippen molar-refractivity contribution in [3.63, 3.8) is 0 Å². The Balaban J connectivity index is 3.13. The van der Waals surface area contributed by atoms with Crippen molar-refractivity contribution in [2.24, 2.45) is 7.05 Å². The van der Waals surface area contributed by atoms with Crippen LogP contribution in [0.5, 0.6) is 0 Å². The minimum atomic E-state index is -0.0813. The molecular formula is C11H20N4O. The van der Waals surface area contributed by atoms with E-state index in [1.165, 1.54) is 0 Å². The summed E-state index contributed by atoms with van der Waals surface area (Å²) in [5, 5.41) is 4.24. The lowest BCUT2D eigenvalue weighted by atomic mass is 10.2. The maximum absolute atomic E-state index is 12.1. The first-order chi connectivity index (χ1) is 7.40. The molecule has 5 heteroatoms. The first kappa shape index (κ1) is 12.5. The summed E-state index contributed by atoms with van der Waals surface area (Å²) in [5.41, 5.74) is 7.69. The number of hydrogen-bond donors (Lipinski definition) is 1. The summed E-state index contributed by atoms with van der Waals surface area (Å²) in [7, 11) is 3.52. The topological polar surface area (TPSA) is 64.2 Å². The van der Waals surface area contributed by atoms with E-state index in [0.29, 0.717) is 11.4 Å². The van der Waals surface area contributed by atoms with Crippen LogP contribution in [0.3, 0.4) is 0 Å². The molecule has 0 aliphatic carbocycles. The molecule has 0 fully saturated rings. The van der Waals surface area contributed by atoms with Crippen LogP contribution in [0.1, 0.15) is 37.0 Å². The monoisotopic (exact) mass is 224 g/mol. The van der Waals surface area contributed by atoms with Gasteiger partial charge in [0.15, 0.2) is 0 Å². The molecular weight excluding hydrogens is 204 g/mol. The van der Waals surface area contributed by atoms with Crippen LogP contribution in [-0.4, -0.2) is 33.7 Å². The van der Waals surface area contributed by atoms with E-state index in [1.54, 1.807) is 23.7 Å². The molecule has 0 saturated heterocycles. The van der Waals surface area contributed by atoms with E-state index >= 15 is 0 Å². The van der Waals surface area contributed by atoms with Crippen LogP contribution in [0.25, 0.3) is 0 Å². The van der Waals surface area contributed by atoms with Gasteiger partial charge >= 0.3 is 0 Å². The van der Waals surface area contributed by atoms with E-state index in [9.17, 15) is 4.79 Å². The van der Waals surface area contributed by atoms with E-state index < -0.39 is 0 Å². The van der Waals surface area contributed by atoms with E-state index in [1.807, 2.05) is 20.8 Å². The normalized spacial score (nSPS) is 10.9. The molecule has 0 atom stereocenters. The number of carbonyl (C=O) groups is 1. The zero-order valence-corrected chi connectivity index (χ0v) is 10.6. The Morgan fingerprint density at radius 1 is 1.56 bits per heavy atom. The van der Waals surface area contributed by atoms with E-state index in [-0.39, 0.29) is 11.9 Å². The molecule has 2 N–H and O–H groups in total. The molecule has 1 rings (SSSR count). The molecule has 0 spiro atoms. The average molecular weight is 224 g/mol. The van der Waals surface area contributed by atoms with Gasteiger partial charge in [0, 0.05) is 20.1 Å². The number of carbonyl (C=O) groups excluding carboxylic acids is 1. The highest BCUT2D eigenvalue weighted by Gasteiger charge is 2.23. The Bertz CT molecular complexity index is 395. The maximum atomic E-state index is 12.1. The standard InChI is InChI=1S/C11H20N4O/c1-6-8-9(12)10(15(5)13-8)11(16)14(4)7(2)3/h7H,6,12H2,1-5H3. The van der Waals surface area contributed by atoms with Crippen molar-refractivity contribution < 1.29 is 4.79 Å². The second kappa shape index (κ2) is 4.55. The van der Waals surface area contributed by atoms with Gasteiger partial charge in [-0.25, -0.2) is 0 Å². The Morgan fingerprint density at radius 3 is 2.50 bits per heavy atom. The Morgan fingerprint density at radius 2 is 2.12 bits per heavy atom. The van der Waals surface area contributed by atoms with Gasteiger partial charge in [0.25, 0.3) is 5.91 Å². The number of amides is 1. The van der Waals surface area contributed by atoms with Crippen LogP contribution < -0.4 is 5.73 Å². The van der Waals surface area contributed by atoms with Gasteiger partial charge in [-0.3, -0.25) is 9.48 Å². The molecule has 1 amide bonds. The molecule has 1 aromatic rings. The van der Waals surface area contributed by atoms with Gasteiger partial charge in [0.2, 0.25) is 0 Å². The predicted octanol–water partition coefficient (Wildman–Crippen LogP) is 1.05. The number of rotatable bonds is 3. The summed E-state index contributed by atoms with van der Waals surface area (Å²) in [4.78, 5) is 13.8. The molecule has 1 heterocycles. The molecule has 0 aliphatic rings. The zero-order valence-electron chi connectivity index (χ0n) is 10.6. The SMILES string of the molecule is CCc1nn(C)c(C(=O)N(C)C(C)C)c1N. The molecule has 0 unspecified atom stereocenters. The number of hydrogen-bond acceptors (Lipinski definition) is 3. The van der Waals surface area contributed by atoms with Gasteiger partial charge in [-0.15, -0.1) is 0 Å². The lowest BCUT2D eigenvalue weighted by Gasteiger charge is -2.21. The highest BCUT2D eigenvalue weighted by Crippen LogP contribution is 2.19. The van der Waals surface area contributed by atoms with E-state index in [0.717, 1.165) is 12.1 Å². The van der Waals surface area contributed by atoms with Gasteiger partial charge in [0.05, 0.1) is 11.4 Å². The number of aryl methyl sites for hydroxylation is 2. The number of nitrogen functional groups attached to an aromatic ring is 1. The van der Waals surface area contributed by atoms with Crippen LogP contribution in [0, 0.1) is 0 Å². The quantitative estimate of drug-likeness (QED) is 0.834. The first-order valence-corrected chi connectivity index (χ1v) is 5.48. The minimum Gasteiger partial charge on any atom is -0.395 e. The summed E-state index contributed by atoms with van der Waals surface area (Å²) >= 11 is 0. The third kappa shape index (κ3) is 2.03. The molecule has 0 saturated carbocycles. The number of anilines is 1. The Kier molecular flexibility index (Phi) is 3.57. The van der Waals surface area contributed by atoms with E-state index in [2.05, 4.69) is 5.10 Å². The van der Waals surface area contributed by atoms with Crippen molar-refractivity contribution in [3.8, 4) is 0 Å². The van der Waals surface area contributed by atoms with Gasteiger partial charge in [-0.2, -0.15) is 5.10 Å². The van der Waals surface area contributed by atoms with Gasteiger partial charge in [0.1, 0.15) is 5.69 Å². The maximum Gasteiger partial charge on any atom is 0.274 e. The molecule has 0 radical (unpaired) electrons. The molecule has 90 valence electrons. The second-order valence-electron chi connectivity index (χ2n) is 4.20. The molecule has 0 aliphatic heterocycles. The van der Waals surface area contributed by atoms with Gasteiger partial charge in [-0.05, 0) is 20.3 Å². The molecule has 0 aromatic carbocycles. The minimum absolute atomic E-state index is 0.0813. The summed E-state index contributed by atoms with van der Waals surface area (Å²) in [5.74, 6) is -0.0813. The molecule has 0 bridgehead atoms. The lowest BCUT2D eigenvalue weighted by Crippen LogP contribution is -2.34. The predicted molar refractivity (Wildman–Crippen MR) is 64.2 cm³/mol. The van der Waals surface area contributed by atoms with Crippen molar-refractivity contribution in [2.75, 3.05) is 12.8 Å². The highest BCUT2D eigenvalue weighted by molar-refractivity contribution is 5.98.